The quantitative estimate of drug-likeness (QED) is 0.549. The van der Waals surface area contributed by atoms with Crippen LogP contribution in [0.15, 0.2) is 70.3 Å². The molecule has 2 aliphatic heterocycles. The van der Waals surface area contributed by atoms with Gasteiger partial charge < -0.3 is 4.57 Å². The summed E-state index contributed by atoms with van der Waals surface area (Å²) >= 11 is 1.08. The first-order valence-electron chi connectivity index (χ1n) is 10.3. The summed E-state index contributed by atoms with van der Waals surface area (Å²) in [5.74, 6) is -1.00. The molecule has 3 aromatic rings. The molecule has 0 spiro atoms. The van der Waals surface area contributed by atoms with Crippen molar-refractivity contribution in [2.24, 2.45) is 10.1 Å². The summed E-state index contributed by atoms with van der Waals surface area (Å²) < 4.78 is 16.3. The summed E-state index contributed by atoms with van der Waals surface area (Å²) in [5.41, 5.74) is 5.43. The molecule has 3 heterocycles. The lowest BCUT2D eigenvalue weighted by Gasteiger charge is -2.20. The van der Waals surface area contributed by atoms with Crippen molar-refractivity contribution in [2.75, 3.05) is 0 Å². The van der Waals surface area contributed by atoms with Crippen molar-refractivity contribution in [3.63, 3.8) is 0 Å². The van der Waals surface area contributed by atoms with E-state index < -0.39 is 11.7 Å². The molecule has 0 bridgehead atoms. The number of amides is 1. The van der Waals surface area contributed by atoms with Gasteiger partial charge in [-0.25, -0.2) is 4.39 Å². The molecule has 2 aromatic carbocycles. The number of benzene rings is 2. The number of nitrogens with zero attached hydrogens (tertiary/aromatic N) is 4. The van der Waals surface area contributed by atoms with Crippen molar-refractivity contribution >= 4 is 39.8 Å². The van der Waals surface area contributed by atoms with E-state index in [1.165, 1.54) is 11.1 Å². The number of hydrogen-bond acceptors (Lipinski definition) is 4. The van der Waals surface area contributed by atoms with Gasteiger partial charge in [-0.05, 0) is 80.1 Å². The van der Waals surface area contributed by atoms with Gasteiger partial charge in [-0.2, -0.15) is 15.1 Å². The van der Waals surface area contributed by atoms with Crippen molar-refractivity contribution in [2.45, 2.75) is 20.8 Å². The molecule has 1 N–H and O–H groups in total. The van der Waals surface area contributed by atoms with Crippen LogP contribution in [0.3, 0.4) is 0 Å². The molecule has 1 aromatic heterocycles. The van der Waals surface area contributed by atoms with Gasteiger partial charge in [-0.15, -0.1) is 0 Å². The Kier molecular flexibility index (Phi) is 5.09. The maximum absolute atomic E-state index is 14.2. The van der Waals surface area contributed by atoms with Gasteiger partial charge in [0.1, 0.15) is 10.9 Å². The number of carbonyl (C=O) groups is 1. The van der Waals surface area contributed by atoms with E-state index in [-0.39, 0.29) is 16.6 Å². The Bertz CT molecular complexity index is 1430. The number of halogens is 1. The summed E-state index contributed by atoms with van der Waals surface area (Å²) in [6, 6.07) is 16.5. The van der Waals surface area contributed by atoms with E-state index >= 15 is 0 Å². The topological polar surface area (TPSA) is 73.8 Å². The van der Waals surface area contributed by atoms with Gasteiger partial charge in [0, 0.05) is 22.6 Å². The van der Waals surface area contributed by atoms with Gasteiger partial charge in [0.05, 0.1) is 5.57 Å². The Hall–Kier alpha value is -3.78. The van der Waals surface area contributed by atoms with E-state index in [9.17, 15) is 9.18 Å². The molecule has 0 unspecified atom stereocenters. The van der Waals surface area contributed by atoms with Gasteiger partial charge in [0.2, 0.25) is 5.17 Å². The van der Waals surface area contributed by atoms with E-state index in [1.54, 1.807) is 24.3 Å². The van der Waals surface area contributed by atoms with Gasteiger partial charge >= 0.3 is 0 Å². The number of amidine groups is 2. The third-order valence-electron chi connectivity index (χ3n) is 5.59. The zero-order chi connectivity index (χ0) is 23.3. The standard InChI is InChI=1S/C25H20FN5OS/c1-14-7-6-8-18(11-14)30-15(2)12-17(16(30)3)13-20-22(27)31-25(28-23(20)32)33-24(29-31)19-9-4-5-10-21(19)26/h4-13,27H,1-3H3. The van der Waals surface area contributed by atoms with Crippen molar-refractivity contribution in [3.05, 3.63) is 94.1 Å². The highest BCUT2D eigenvalue weighted by Gasteiger charge is 2.36. The molecule has 33 heavy (non-hydrogen) atoms. The first kappa shape index (κ1) is 21.1. The number of aromatic nitrogens is 1. The highest BCUT2D eigenvalue weighted by Crippen LogP contribution is 2.32. The van der Waals surface area contributed by atoms with Crippen molar-refractivity contribution < 1.29 is 9.18 Å². The lowest BCUT2D eigenvalue weighted by atomic mass is 10.1. The second-order valence-corrected chi connectivity index (χ2v) is 8.86. The molecular weight excluding hydrogens is 437 g/mol. The summed E-state index contributed by atoms with van der Waals surface area (Å²) in [5, 5.41) is 14.9. The maximum atomic E-state index is 14.2. The predicted octanol–water partition coefficient (Wildman–Crippen LogP) is 5.21. The van der Waals surface area contributed by atoms with Crippen LogP contribution in [0.25, 0.3) is 11.8 Å². The number of aryl methyl sites for hydroxylation is 2. The van der Waals surface area contributed by atoms with Crippen LogP contribution in [0.1, 0.15) is 28.1 Å². The zero-order valence-corrected chi connectivity index (χ0v) is 19.1. The molecule has 5 rings (SSSR count). The third kappa shape index (κ3) is 3.62. The number of hydrogen-bond donors (Lipinski definition) is 1. The second-order valence-electron chi connectivity index (χ2n) is 7.91. The number of rotatable bonds is 3. The molecule has 0 atom stereocenters. The molecule has 164 valence electrons. The average molecular weight is 458 g/mol. The number of aliphatic imine (C=N–C) groups is 1. The van der Waals surface area contributed by atoms with Crippen LogP contribution in [-0.2, 0) is 4.79 Å². The van der Waals surface area contributed by atoms with E-state index in [2.05, 4.69) is 20.7 Å². The molecule has 0 fully saturated rings. The Morgan fingerprint density at radius 3 is 2.61 bits per heavy atom. The van der Waals surface area contributed by atoms with Crippen LogP contribution in [0.4, 0.5) is 4.39 Å². The number of carbonyl (C=O) groups excluding carboxylic acids is 1. The van der Waals surface area contributed by atoms with E-state index in [0.29, 0.717) is 10.6 Å². The number of thioether (sulfide) groups is 1. The molecule has 6 nitrogen and oxygen atoms in total. The van der Waals surface area contributed by atoms with Gasteiger partial charge in [0.15, 0.2) is 5.84 Å². The Labute approximate surface area is 194 Å². The van der Waals surface area contributed by atoms with E-state index in [1.807, 2.05) is 45.0 Å². The number of nitrogens with one attached hydrogen (secondary N) is 1. The van der Waals surface area contributed by atoms with Crippen LogP contribution < -0.4 is 0 Å². The Morgan fingerprint density at radius 1 is 1.06 bits per heavy atom. The Morgan fingerprint density at radius 2 is 1.85 bits per heavy atom. The Balaban J connectivity index is 1.53. The SMILES string of the molecule is Cc1cccc(-n2c(C)cc(C=C3C(=N)N4N=C(c5ccccc5F)SC4=NC3=O)c2C)c1. The fourth-order valence-corrected chi connectivity index (χ4v) is 4.91. The lowest BCUT2D eigenvalue weighted by molar-refractivity contribution is -0.114. The van der Waals surface area contributed by atoms with Crippen molar-refractivity contribution in [1.82, 2.24) is 9.58 Å². The molecule has 0 aliphatic carbocycles. The fraction of sp³-hybridized carbons (Fsp3) is 0.120. The zero-order valence-electron chi connectivity index (χ0n) is 18.3. The minimum Gasteiger partial charge on any atom is -0.318 e. The van der Waals surface area contributed by atoms with Gasteiger partial charge in [-0.1, -0.05) is 24.3 Å². The van der Waals surface area contributed by atoms with Crippen molar-refractivity contribution in [1.29, 1.82) is 5.41 Å². The smallest absolute Gasteiger partial charge is 0.283 e. The molecule has 0 saturated heterocycles. The maximum Gasteiger partial charge on any atom is 0.283 e. The van der Waals surface area contributed by atoms with Gasteiger partial charge in [0.25, 0.3) is 5.91 Å². The predicted molar refractivity (Wildman–Crippen MR) is 130 cm³/mol. The lowest BCUT2D eigenvalue weighted by Crippen LogP contribution is -2.35. The average Bonchev–Trinajstić information content (AvgIpc) is 3.32. The van der Waals surface area contributed by atoms with Crippen LogP contribution in [-0.4, -0.2) is 31.5 Å². The molecule has 8 heteroatoms. The molecular formula is C25H20FN5OS. The van der Waals surface area contributed by atoms with Crippen molar-refractivity contribution in [3.8, 4) is 5.69 Å². The molecule has 0 saturated carbocycles. The summed E-state index contributed by atoms with van der Waals surface area (Å²) in [7, 11) is 0. The summed E-state index contributed by atoms with van der Waals surface area (Å²) in [6.07, 6.45) is 1.68. The molecule has 1 amide bonds. The fourth-order valence-electron chi connectivity index (χ4n) is 3.99. The monoisotopic (exact) mass is 457 g/mol. The third-order valence-corrected chi connectivity index (χ3v) is 6.53. The first-order chi connectivity index (χ1) is 15.8. The van der Waals surface area contributed by atoms with Crippen LogP contribution >= 0.6 is 11.8 Å². The highest BCUT2D eigenvalue weighted by molar-refractivity contribution is 8.27. The minimum atomic E-state index is -0.510. The normalized spacial score (nSPS) is 16.8. The molecule has 0 radical (unpaired) electrons. The molecule has 2 aliphatic rings. The van der Waals surface area contributed by atoms with Crippen LogP contribution in [0.2, 0.25) is 0 Å². The van der Waals surface area contributed by atoms with E-state index in [4.69, 9.17) is 5.41 Å². The van der Waals surface area contributed by atoms with E-state index in [0.717, 1.165) is 40.0 Å². The van der Waals surface area contributed by atoms with Crippen LogP contribution in [0, 0.1) is 32.0 Å². The summed E-state index contributed by atoms with van der Waals surface area (Å²) in [6.45, 7) is 6.03. The van der Waals surface area contributed by atoms with Crippen LogP contribution in [0.5, 0.6) is 0 Å². The minimum absolute atomic E-state index is 0.0794. The van der Waals surface area contributed by atoms with Gasteiger partial charge in [-0.3, -0.25) is 10.2 Å². The second kappa shape index (κ2) is 7.97. The summed E-state index contributed by atoms with van der Waals surface area (Å²) in [4.78, 5) is 16.9. The largest absolute Gasteiger partial charge is 0.318 e. The number of fused-ring (bicyclic) bond motifs is 1. The highest BCUT2D eigenvalue weighted by atomic mass is 32.2. The number of hydrazone groups is 1. The first-order valence-corrected chi connectivity index (χ1v) is 11.2.